The molecule has 0 radical (unpaired) electrons. The Balaban J connectivity index is 1.67. The van der Waals surface area contributed by atoms with Crippen molar-refractivity contribution in [2.45, 2.75) is 42.2 Å². The van der Waals surface area contributed by atoms with E-state index < -0.39 is 53.7 Å². The molecule has 3 aromatic heterocycles. The number of aromatic nitrogens is 4. The Labute approximate surface area is 270 Å². The number of methoxy groups -OCH3 is 3. The Morgan fingerprint density at radius 1 is 1.11 bits per heavy atom. The second-order valence-corrected chi connectivity index (χ2v) is 11.0. The molecule has 1 amide bonds. The molecule has 0 spiro atoms. The van der Waals surface area contributed by atoms with E-state index in [0.717, 1.165) is 40.6 Å². The summed E-state index contributed by atoms with van der Waals surface area (Å²) >= 11 is 1.11. The quantitative estimate of drug-likeness (QED) is 0.149. The average Bonchev–Trinajstić information content (AvgIpc) is 3.65. The van der Waals surface area contributed by atoms with Crippen molar-refractivity contribution in [1.29, 1.82) is 0 Å². The molecule has 0 aliphatic carbocycles. The molecule has 4 aromatic rings. The van der Waals surface area contributed by atoms with Crippen molar-refractivity contribution in [3.8, 4) is 23.0 Å². The lowest BCUT2D eigenvalue weighted by Gasteiger charge is -2.34. The lowest BCUT2D eigenvalue weighted by Crippen LogP contribution is -2.55. The van der Waals surface area contributed by atoms with Crippen LogP contribution in [0.1, 0.15) is 22.1 Å². The second kappa shape index (κ2) is 14.2. The van der Waals surface area contributed by atoms with Gasteiger partial charge >= 0.3 is 11.7 Å². The standard InChI is InChI=1S/C30H31N5O11S/c1-42-16-9-8-15(18(13-16)43-2)14-35(27(39)20-24(46-33-26(20)47-4)17-7-5-6-11-31-17)21(29(40)44-3)25-22(37)23(38)28(45-25)34-12-10-19(36)32-30(34)41/h5-13,21-23,25,28,37-38H,14H2,1-4H3,(H,32,36,41)/t21-,22-,23+,25+,28+/m0/s1. The highest BCUT2D eigenvalue weighted by Crippen LogP contribution is 2.37. The number of pyridine rings is 1. The van der Waals surface area contributed by atoms with Crippen molar-refractivity contribution in [1.82, 2.24) is 24.6 Å². The van der Waals surface area contributed by atoms with Crippen LogP contribution < -0.4 is 20.7 Å². The zero-order valence-electron chi connectivity index (χ0n) is 25.6. The average molecular weight is 670 g/mol. The lowest BCUT2D eigenvalue weighted by molar-refractivity contribution is -0.156. The summed E-state index contributed by atoms with van der Waals surface area (Å²) < 4.78 is 28.4. The smallest absolute Gasteiger partial charge is 0.331 e. The normalized spacial score (nSPS) is 19.6. The first-order valence-corrected chi connectivity index (χ1v) is 15.2. The van der Waals surface area contributed by atoms with Crippen molar-refractivity contribution in [2.24, 2.45) is 0 Å². The number of esters is 1. The monoisotopic (exact) mass is 669 g/mol. The molecule has 5 atom stereocenters. The van der Waals surface area contributed by atoms with E-state index in [1.165, 1.54) is 20.4 Å². The van der Waals surface area contributed by atoms with Crippen LogP contribution in [0.5, 0.6) is 11.5 Å². The van der Waals surface area contributed by atoms with Crippen molar-refractivity contribution < 1.29 is 43.3 Å². The zero-order chi connectivity index (χ0) is 33.8. The molecule has 0 unspecified atom stereocenters. The van der Waals surface area contributed by atoms with Crippen LogP contribution in [-0.2, 0) is 20.8 Å². The van der Waals surface area contributed by atoms with Gasteiger partial charge in [-0.05, 0) is 30.5 Å². The van der Waals surface area contributed by atoms with Gasteiger partial charge in [-0.3, -0.25) is 24.1 Å². The Hall–Kier alpha value is -4.97. The summed E-state index contributed by atoms with van der Waals surface area (Å²) in [5.41, 5.74) is -0.979. The van der Waals surface area contributed by atoms with Gasteiger partial charge in [0.25, 0.3) is 11.5 Å². The van der Waals surface area contributed by atoms with E-state index in [0.29, 0.717) is 17.1 Å². The number of thioether (sulfide) groups is 1. The lowest BCUT2D eigenvalue weighted by atomic mass is 9.99. The van der Waals surface area contributed by atoms with E-state index in [9.17, 15) is 29.4 Å². The third kappa shape index (κ3) is 6.50. The molecular weight excluding hydrogens is 638 g/mol. The molecule has 16 nitrogen and oxygen atoms in total. The first-order chi connectivity index (χ1) is 22.6. The van der Waals surface area contributed by atoms with Gasteiger partial charge in [-0.2, -0.15) is 0 Å². The molecule has 5 rings (SSSR count). The molecule has 248 valence electrons. The maximum absolute atomic E-state index is 14.8. The second-order valence-electron chi connectivity index (χ2n) is 10.2. The van der Waals surface area contributed by atoms with Gasteiger partial charge in [0.05, 0.1) is 27.9 Å². The summed E-state index contributed by atoms with van der Waals surface area (Å²) in [5.74, 6) is -1.03. The van der Waals surface area contributed by atoms with Gasteiger partial charge in [0.15, 0.2) is 23.1 Å². The molecule has 1 aromatic carbocycles. The number of hydrogen-bond acceptors (Lipinski definition) is 14. The van der Waals surface area contributed by atoms with Gasteiger partial charge in [0.1, 0.15) is 41.1 Å². The van der Waals surface area contributed by atoms with Gasteiger partial charge in [0.2, 0.25) is 0 Å². The minimum Gasteiger partial charge on any atom is -0.497 e. The Bertz CT molecular complexity index is 1860. The fourth-order valence-corrected chi connectivity index (χ4v) is 5.74. The van der Waals surface area contributed by atoms with Gasteiger partial charge < -0.3 is 38.6 Å². The van der Waals surface area contributed by atoms with Gasteiger partial charge in [-0.1, -0.05) is 11.2 Å². The van der Waals surface area contributed by atoms with Crippen molar-refractivity contribution in [2.75, 3.05) is 27.6 Å². The maximum atomic E-state index is 14.8. The van der Waals surface area contributed by atoms with Gasteiger partial charge in [-0.25, -0.2) is 9.59 Å². The number of nitrogens with zero attached hydrogens (tertiary/aromatic N) is 4. The van der Waals surface area contributed by atoms with Crippen LogP contribution in [0.25, 0.3) is 11.5 Å². The largest absolute Gasteiger partial charge is 0.497 e. The molecular formula is C30H31N5O11S. The highest BCUT2D eigenvalue weighted by molar-refractivity contribution is 7.98. The molecule has 17 heteroatoms. The minimum absolute atomic E-state index is 0.0147. The predicted molar refractivity (Wildman–Crippen MR) is 164 cm³/mol. The minimum atomic E-state index is -1.83. The van der Waals surface area contributed by atoms with Crippen LogP contribution in [0.3, 0.4) is 0 Å². The topological polar surface area (TPSA) is 209 Å². The van der Waals surface area contributed by atoms with Crippen molar-refractivity contribution in [3.05, 3.63) is 86.8 Å². The van der Waals surface area contributed by atoms with E-state index >= 15 is 0 Å². The number of benzene rings is 1. The van der Waals surface area contributed by atoms with Crippen molar-refractivity contribution in [3.63, 3.8) is 0 Å². The number of aliphatic hydroxyl groups excluding tert-OH is 2. The first-order valence-electron chi connectivity index (χ1n) is 14.0. The van der Waals surface area contributed by atoms with E-state index in [1.54, 1.807) is 42.7 Å². The van der Waals surface area contributed by atoms with E-state index in [1.807, 2.05) is 0 Å². The molecule has 1 aliphatic heterocycles. The van der Waals surface area contributed by atoms with Gasteiger partial charge in [-0.15, -0.1) is 11.8 Å². The summed E-state index contributed by atoms with van der Waals surface area (Å²) in [6.07, 6.45) is -2.54. The first kappa shape index (κ1) is 33.4. The van der Waals surface area contributed by atoms with Crippen LogP contribution in [0.2, 0.25) is 0 Å². The van der Waals surface area contributed by atoms with Crippen LogP contribution in [0.15, 0.2) is 74.0 Å². The predicted octanol–water partition coefficient (Wildman–Crippen LogP) is 0.829. The van der Waals surface area contributed by atoms with E-state index in [2.05, 4.69) is 15.1 Å². The number of hydrogen-bond donors (Lipinski definition) is 3. The van der Waals surface area contributed by atoms with Crippen LogP contribution >= 0.6 is 11.8 Å². The van der Waals surface area contributed by atoms with E-state index in [-0.39, 0.29) is 28.6 Å². The third-order valence-electron chi connectivity index (χ3n) is 7.55. The fourth-order valence-electron chi connectivity index (χ4n) is 5.24. The summed E-state index contributed by atoms with van der Waals surface area (Å²) in [4.78, 5) is 60.1. The number of aromatic amines is 1. The zero-order valence-corrected chi connectivity index (χ0v) is 26.4. The third-order valence-corrected chi connectivity index (χ3v) is 8.22. The number of carbonyl (C=O) groups excluding carboxylic acids is 2. The number of carbonyl (C=O) groups is 2. The molecule has 1 aliphatic rings. The number of H-pyrrole nitrogens is 1. The number of aliphatic hydroxyl groups is 2. The summed E-state index contributed by atoms with van der Waals surface area (Å²) in [6.45, 7) is -0.321. The number of nitrogens with one attached hydrogen (secondary N) is 1. The van der Waals surface area contributed by atoms with Crippen molar-refractivity contribution >= 4 is 23.6 Å². The highest BCUT2D eigenvalue weighted by atomic mass is 32.2. The van der Waals surface area contributed by atoms with Crippen LogP contribution in [-0.4, -0.2) is 98.6 Å². The van der Waals surface area contributed by atoms with Crippen LogP contribution in [0, 0.1) is 0 Å². The molecule has 4 heterocycles. The summed E-state index contributed by atoms with van der Waals surface area (Å²) in [7, 11) is 3.97. The number of ether oxygens (including phenoxy) is 4. The van der Waals surface area contributed by atoms with E-state index in [4.69, 9.17) is 23.5 Å². The highest BCUT2D eigenvalue weighted by Gasteiger charge is 2.53. The molecule has 47 heavy (non-hydrogen) atoms. The molecule has 1 fully saturated rings. The maximum Gasteiger partial charge on any atom is 0.331 e. The molecule has 0 bridgehead atoms. The number of amides is 1. The fraction of sp³-hybridized carbons (Fsp3) is 0.333. The Morgan fingerprint density at radius 2 is 1.89 bits per heavy atom. The SMILES string of the molecule is COC(=O)[C@H]([C@H]1O[C@@H](n2ccc(=O)[nH]c2=O)[C@H](O)[C@@H]1O)N(Cc1ccc(OC)cc1OC)C(=O)c1c(SC)noc1-c1ccccn1. The summed E-state index contributed by atoms with van der Waals surface area (Å²) in [6, 6.07) is 9.12. The Kier molecular flexibility index (Phi) is 10.1. The summed E-state index contributed by atoms with van der Waals surface area (Å²) in [5, 5.41) is 26.5. The Morgan fingerprint density at radius 3 is 2.53 bits per heavy atom. The number of rotatable bonds is 11. The molecule has 1 saturated heterocycles. The van der Waals surface area contributed by atoms with Crippen LogP contribution in [0.4, 0.5) is 0 Å². The van der Waals surface area contributed by atoms with Gasteiger partial charge in [0, 0.05) is 30.1 Å². The molecule has 0 saturated carbocycles. The molecule has 3 N–H and O–H groups in total.